The van der Waals surface area contributed by atoms with Gasteiger partial charge in [-0.3, -0.25) is 15.0 Å². The van der Waals surface area contributed by atoms with Gasteiger partial charge in [0.05, 0.1) is 0 Å². The van der Waals surface area contributed by atoms with Gasteiger partial charge in [-0.15, -0.1) is 0 Å². The van der Waals surface area contributed by atoms with E-state index in [1.165, 1.54) is 0 Å². The topological polar surface area (TPSA) is 66.5 Å². The minimum absolute atomic E-state index is 0.230. The van der Waals surface area contributed by atoms with E-state index in [1.54, 1.807) is 4.90 Å². The molecule has 2 rings (SSSR count). The maximum atomic E-state index is 11.7. The Morgan fingerprint density at radius 3 is 2.58 bits per heavy atom. The number of aryl methyl sites for hydroxylation is 1. The van der Waals surface area contributed by atoms with E-state index >= 15 is 0 Å². The summed E-state index contributed by atoms with van der Waals surface area (Å²) in [6.45, 7) is 0.412. The molecule has 0 spiro atoms. The van der Waals surface area contributed by atoms with E-state index in [1.807, 2.05) is 24.3 Å². The molecule has 0 saturated carbocycles. The third-order valence-electron chi connectivity index (χ3n) is 3.09. The summed E-state index contributed by atoms with van der Waals surface area (Å²) in [7, 11) is 0. The number of hydrogen-bond acceptors (Lipinski definition) is 3. The van der Waals surface area contributed by atoms with E-state index in [2.05, 4.69) is 5.32 Å². The number of aldehydes is 1. The van der Waals surface area contributed by atoms with Crippen molar-refractivity contribution in [1.82, 2.24) is 5.32 Å². The number of benzene rings is 1. The lowest BCUT2D eigenvalue weighted by molar-refractivity contribution is -0.120. The van der Waals surface area contributed by atoms with E-state index in [-0.39, 0.29) is 11.9 Å². The van der Waals surface area contributed by atoms with Crippen molar-refractivity contribution < 1.29 is 14.4 Å². The summed E-state index contributed by atoms with van der Waals surface area (Å²) in [5.74, 6) is -0.230. The van der Waals surface area contributed by atoms with Crippen molar-refractivity contribution in [3.8, 4) is 0 Å². The molecule has 0 unspecified atom stereocenters. The summed E-state index contributed by atoms with van der Waals surface area (Å²) in [6.07, 6.45) is 3.50. The van der Waals surface area contributed by atoms with Crippen LogP contribution in [0, 0.1) is 0 Å². The van der Waals surface area contributed by atoms with E-state index in [9.17, 15) is 14.4 Å². The van der Waals surface area contributed by atoms with E-state index in [0.29, 0.717) is 19.4 Å². The Balaban J connectivity index is 1.99. The second-order valence-electron chi connectivity index (χ2n) is 4.48. The number of unbranched alkanes of at least 4 members (excludes halogenated alkanes) is 1. The van der Waals surface area contributed by atoms with Crippen molar-refractivity contribution in [2.24, 2.45) is 0 Å². The van der Waals surface area contributed by atoms with Gasteiger partial charge >= 0.3 is 6.03 Å². The highest BCUT2D eigenvalue weighted by atomic mass is 16.2. The Bertz CT molecular complexity index is 482. The van der Waals surface area contributed by atoms with Gasteiger partial charge in [-0.1, -0.05) is 12.1 Å². The number of anilines is 1. The molecule has 0 radical (unpaired) electrons. The van der Waals surface area contributed by atoms with Gasteiger partial charge in [0.15, 0.2) is 0 Å². The Hall–Kier alpha value is -2.17. The minimum atomic E-state index is -0.370. The first-order valence-electron chi connectivity index (χ1n) is 6.34. The predicted molar refractivity (Wildman–Crippen MR) is 70.9 cm³/mol. The molecule has 0 aliphatic carbocycles. The van der Waals surface area contributed by atoms with Crippen molar-refractivity contribution >= 4 is 23.9 Å². The van der Waals surface area contributed by atoms with Crippen molar-refractivity contribution in [1.29, 1.82) is 0 Å². The van der Waals surface area contributed by atoms with Crippen LogP contribution in [-0.4, -0.2) is 24.8 Å². The molecule has 1 aromatic rings. The highest BCUT2D eigenvalue weighted by molar-refractivity contribution is 6.05. The van der Waals surface area contributed by atoms with Crippen LogP contribution in [0.15, 0.2) is 24.3 Å². The van der Waals surface area contributed by atoms with Crippen LogP contribution in [0.1, 0.15) is 24.8 Å². The molecule has 19 heavy (non-hydrogen) atoms. The molecule has 100 valence electrons. The lowest BCUT2D eigenvalue weighted by atomic mass is 10.1. The van der Waals surface area contributed by atoms with Crippen molar-refractivity contribution in [2.75, 3.05) is 11.4 Å². The quantitative estimate of drug-likeness (QED) is 0.646. The maximum absolute atomic E-state index is 11.7. The van der Waals surface area contributed by atoms with Crippen LogP contribution in [-0.2, 0) is 16.0 Å². The number of carbonyl (C=O) groups excluding carboxylic acids is 3. The summed E-state index contributed by atoms with van der Waals surface area (Å²) in [5.41, 5.74) is 1.92. The highest BCUT2D eigenvalue weighted by Gasteiger charge is 2.23. The Kier molecular flexibility index (Phi) is 4.28. The monoisotopic (exact) mass is 260 g/mol. The van der Waals surface area contributed by atoms with Gasteiger partial charge in [0.25, 0.3) is 0 Å². The molecule has 1 saturated heterocycles. The first kappa shape index (κ1) is 13.3. The molecule has 1 aliphatic rings. The number of imide groups is 1. The third kappa shape index (κ3) is 3.40. The van der Waals surface area contributed by atoms with Crippen molar-refractivity contribution in [3.05, 3.63) is 29.8 Å². The Labute approximate surface area is 111 Å². The fourth-order valence-electron chi connectivity index (χ4n) is 2.04. The zero-order chi connectivity index (χ0) is 13.7. The van der Waals surface area contributed by atoms with Crippen LogP contribution in [0.3, 0.4) is 0 Å². The fraction of sp³-hybridized carbons (Fsp3) is 0.357. The van der Waals surface area contributed by atoms with Crippen LogP contribution >= 0.6 is 0 Å². The number of amides is 3. The molecule has 3 amide bonds. The number of hydrogen-bond donors (Lipinski definition) is 1. The molecule has 1 heterocycles. The summed E-state index contributed by atoms with van der Waals surface area (Å²) in [6, 6.07) is 7.26. The molecule has 1 aromatic carbocycles. The number of rotatable bonds is 5. The Morgan fingerprint density at radius 2 is 1.95 bits per heavy atom. The molecular weight excluding hydrogens is 244 g/mol. The lowest BCUT2D eigenvalue weighted by Crippen LogP contribution is -2.49. The van der Waals surface area contributed by atoms with Gasteiger partial charge in [-0.25, -0.2) is 4.79 Å². The van der Waals surface area contributed by atoms with Gasteiger partial charge in [-0.05, 0) is 30.5 Å². The predicted octanol–water partition coefficient (Wildman–Crippen LogP) is 1.65. The molecular formula is C14H16N2O3. The average Bonchev–Trinajstić information content (AvgIpc) is 2.40. The minimum Gasteiger partial charge on any atom is -0.303 e. The van der Waals surface area contributed by atoms with Gasteiger partial charge in [0.1, 0.15) is 6.29 Å². The Morgan fingerprint density at radius 1 is 1.21 bits per heavy atom. The fourth-order valence-corrected chi connectivity index (χ4v) is 2.04. The zero-order valence-electron chi connectivity index (χ0n) is 10.6. The summed E-state index contributed by atoms with van der Waals surface area (Å²) in [5, 5.41) is 2.29. The van der Waals surface area contributed by atoms with E-state index in [4.69, 9.17) is 0 Å². The van der Waals surface area contributed by atoms with Gasteiger partial charge in [0.2, 0.25) is 5.91 Å². The summed E-state index contributed by atoms with van der Waals surface area (Å²) < 4.78 is 0. The van der Waals surface area contributed by atoms with Crippen LogP contribution < -0.4 is 10.2 Å². The van der Waals surface area contributed by atoms with E-state index < -0.39 is 0 Å². The summed E-state index contributed by atoms with van der Waals surface area (Å²) in [4.78, 5) is 34.5. The van der Waals surface area contributed by atoms with E-state index in [0.717, 1.165) is 30.4 Å². The normalized spacial score (nSPS) is 15.3. The van der Waals surface area contributed by atoms with Crippen molar-refractivity contribution in [3.63, 3.8) is 0 Å². The number of nitrogens with zero attached hydrogens (tertiary/aromatic N) is 1. The van der Waals surface area contributed by atoms with Crippen molar-refractivity contribution in [2.45, 2.75) is 25.7 Å². The van der Waals surface area contributed by atoms with Crippen LogP contribution in [0.4, 0.5) is 10.5 Å². The third-order valence-corrected chi connectivity index (χ3v) is 3.09. The molecule has 1 fully saturated rings. The van der Waals surface area contributed by atoms with Gasteiger partial charge < -0.3 is 4.79 Å². The van der Waals surface area contributed by atoms with Gasteiger partial charge in [-0.2, -0.15) is 0 Å². The summed E-state index contributed by atoms with van der Waals surface area (Å²) >= 11 is 0. The number of nitrogens with one attached hydrogen (secondary N) is 1. The maximum Gasteiger partial charge on any atom is 0.328 e. The zero-order valence-corrected chi connectivity index (χ0v) is 10.6. The second kappa shape index (κ2) is 6.13. The van der Waals surface area contributed by atoms with Crippen LogP contribution in [0.5, 0.6) is 0 Å². The first-order chi connectivity index (χ1) is 9.20. The van der Waals surface area contributed by atoms with Crippen LogP contribution in [0.25, 0.3) is 0 Å². The first-order valence-corrected chi connectivity index (χ1v) is 6.34. The standard InChI is InChI=1S/C14H16N2O3/c17-10-2-1-3-11-4-6-12(7-5-11)16-9-8-13(18)15-14(16)19/h4-7,10H,1-3,8-9H2,(H,15,18,19). The van der Waals surface area contributed by atoms with Gasteiger partial charge in [0, 0.05) is 25.1 Å². The molecule has 1 aliphatic heterocycles. The number of carbonyl (C=O) groups is 3. The molecule has 1 N–H and O–H groups in total. The average molecular weight is 260 g/mol. The molecule has 5 nitrogen and oxygen atoms in total. The molecule has 0 atom stereocenters. The smallest absolute Gasteiger partial charge is 0.303 e. The second-order valence-corrected chi connectivity index (χ2v) is 4.48. The molecule has 0 aromatic heterocycles. The molecule has 0 bridgehead atoms. The SMILES string of the molecule is O=CCCCc1ccc(N2CCC(=O)NC2=O)cc1. The molecule has 5 heteroatoms. The number of urea groups is 1. The van der Waals surface area contributed by atoms with Crippen LogP contribution in [0.2, 0.25) is 0 Å². The highest BCUT2D eigenvalue weighted by Crippen LogP contribution is 2.18. The largest absolute Gasteiger partial charge is 0.328 e. The lowest BCUT2D eigenvalue weighted by Gasteiger charge is -2.26.